The number of ether oxygens (including phenoxy) is 2. The highest BCUT2D eigenvalue weighted by Crippen LogP contribution is 2.13. The molecule has 1 N–H and O–H groups in total. The first-order chi connectivity index (χ1) is 12.5. The smallest absolute Gasteiger partial charge is 0.248 e. The third-order valence-corrected chi connectivity index (χ3v) is 3.54. The molecule has 2 aromatic carbocycles. The molecule has 26 heavy (non-hydrogen) atoms. The molecule has 2 amide bonds. The molecule has 0 fully saturated rings. The number of nitrogens with zero attached hydrogens (tertiary/aromatic N) is 1. The van der Waals surface area contributed by atoms with Crippen molar-refractivity contribution in [2.75, 3.05) is 32.6 Å². The van der Waals surface area contributed by atoms with Crippen LogP contribution in [-0.4, -0.2) is 44.0 Å². The van der Waals surface area contributed by atoms with Gasteiger partial charge in [-0.3, -0.25) is 9.59 Å². The van der Waals surface area contributed by atoms with E-state index in [4.69, 9.17) is 9.47 Å². The van der Waals surface area contributed by atoms with Gasteiger partial charge in [-0.25, -0.2) is 4.39 Å². The molecule has 0 unspecified atom stereocenters. The number of hydrogen-bond donors (Lipinski definition) is 1. The summed E-state index contributed by atoms with van der Waals surface area (Å²) in [6.45, 7) is -0.0505. The number of anilines is 1. The van der Waals surface area contributed by atoms with Crippen LogP contribution < -0.4 is 10.1 Å². The van der Waals surface area contributed by atoms with Crippen LogP contribution >= 0.6 is 0 Å². The molecule has 7 heteroatoms. The molecule has 0 bridgehead atoms. The van der Waals surface area contributed by atoms with Crippen LogP contribution in [0.2, 0.25) is 0 Å². The quantitative estimate of drug-likeness (QED) is 0.785. The Morgan fingerprint density at radius 3 is 2.65 bits per heavy atom. The molecular weight excluding hydrogens is 339 g/mol. The Hall–Kier alpha value is -2.93. The van der Waals surface area contributed by atoms with Crippen molar-refractivity contribution in [3.63, 3.8) is 0 Å². The molecule has 2 aromatic rings. The van der Waals surface area contributed by atoms with E-state index in [1.54, 1.807) is 13.2 Å². The second kappa shape index (κ2) is 9.53. The summed E-state index contributed by atoms with van der Waals surface area (Å²) >= 11 is 0. The van der Waals surface area contributed by atoms with E-state index < -0.39 is 11.7 Å². The zero-order valence-electron chi connectivity index (χ0n) is 14.7. The van der Waals surface area contributed by atoms with Crippen LogP contribution in [0, 0.1) is 5.82 Å². The van der Waals surface area contributed by atoms with Crippen molar-refractivity contribution in [3.05, 3.63) is 59.9 Å². The first kappa shape index (κ1) is 19.4. The average Bonchev–Trinajstić information content (AvgIpc) is 2.61. The average molecular weight is 360 g/mol. The molecule has 0 saturated carbocycles. The van der Waals surface area contributed by atoms with Gasteiger partial charge in [0.15, 0.2) is 0 Å². The van der Waals surface area contributed by atoms with Crippen LogP contribution in [-0.2, 0) is 20.9 Å². The molecule has 0 heterocycles. The summed E-state index contributed by atoms with van der Waals surface area (Å²) in [5.74, 6) is -0.483. The van der Waals surface area contributed by atoms with Crippen molar-refractivity contribution in [3.8, 4) is 5.75 Å². The summed E-state index contributed by atoms with van der Waals surface area (Å²) in [6.07, 6.45) is 0. The van der Waals surface area contributed by atoms with E-state index in [0.29, 0.717) is 11.4 Å². The van der Waals surface area contributed by atoms with Crippen molar-refractivity contribution in [2.45, 2.75) is 6.61 Å². The monoisotopic (exact) mass is 360 g/mol. The molecule has 0 atom stereocenters. The van der Waals surface area contributed by atoms with E-state index >= 15 is 0 Å². The predicted molar refractivity (Wildman–Crippen MR) is 95.3 cm³/mol. The zero-order chi connectivity index (χ0) is 18.9. The summed E-state index contributed by atoms with van der Waals surface area (Å²) in [7, 11) is 3.08. The number of methoxy groups -OCH3 is 1. The van der Waals surface area contributed by atoms with Gasteiger partial charge in [0, 0.05) is 12.7 Å². The molecular formula is C19H21FN2O4. The van der Waals surface area contributed by atoms with Crippen LogP contribution in [0.3, 0.4) is 0 Å². The van der Waals surface area contributed by atoms with Gasteiger partial charge in [-0.1, -0.05) is 18.2 Å². The van der Waals surface area contributed by atoms with E-state index in [2.05, 4.69) is 5.32 Å². The number of carbonyl (C=O) groups excluding carboxylic acids is 2. The van der Waals surface area contributed by atoms with Gasteiger partial charge in [0.05, 0.1) is 20.3 Å². The third kappa shape index (κ3) is 6.18. The fourth-order valence-corrected chi connectivity index (χ4v) is 2.20. The lowest BCUT2D eigenvalue weighted by Gasteiger charge is -2.17. The van der Waals surface area contributed by atoms with Gasteiger partial charge < -0.3 is 19.7 Å². The topological polar surface area (TPSA) is 67.9 Å². The van der Waals surface area contributed by atoms with Gasteiger partial charge in [0.1, 0.15) is 18.2 Å². The van der Waals surface area contributed by atoms with Crippen LogP contribution in [0.5, 0.6) is 5.75 Å². The number of carbonyl (C=O) groups is 2. The molecule has 0 spiro atoms. The molecule has 0 saturated heterocycles. The lowest BCUT2D eigenvalue weighted by Crippen LogP contribution is -2.37. The van der Waals surface area contributed by atoms with Gasteiger partial charge in [-0.15, -0.1) is 0 Å². The predicted octanol–water partition coefficient (Wildman–Crippen LogP) is 2.45. The van der Waals surface area contributed by atoms with Crippen molar-refractivity contribution in [2.24, 2.45) is 0 Å². The second-order valence-electron chi connectivity index (χ2n) is 5.65. The van der Waals surface area contributed by atoms with Gasteiger partial charge in [0.25, 0.3) is 0 Å². The molecule has 0 aliphatic heterocycles. The van der Waals surface area contributed by atoms with E-state index in [1.807, 2.05) is 24.3 Å². The summed E-state index contributed by atoms with van der Waals surface area (Å²) < 4.78 is 23.6. The Labute approximate surface area is 151 Å². The molecule has 0 radical (unpaired) electrons. The Balaban J connectivity index is 1.75. The molecule has 0 aliphatic carbocycles. The van der Waals surface area contributed by atoms with Gasteiger partial charge in [-0.2, -0.15) is 0 Å². The third-order valence-electron chi connectivity index (χ3n) is 3.54. The molecule has 6 nitrogen and oxygen atoms in total. The minimum absolute atomic E-state index is 0.152. The lowest BCUT2D eigenvalue weighted by atomic mass is 10.2. The minimum atomic E-state index is -0.446. The maximum absolute atomic E-state index is 13.1. The maximum Gasteiger partial charge on any atom is 0.248 e. The Bertz CT molecular complexity index is 767. The summed E-state index contributed by atoms with van der Waals surface area (Å²) in [4.78, 5) is 25.2. The Kier molecular flexibility index (Phi) is 7.11. The molecule has 138 valence electrons. The fourth-order valence-electron chi connectivity index (χ4n) is 2.20. The highest BCUT2D eigenvalue weighted by Gasteiger charge is 2.13. The van der Waals surface area contributed by atoms with E-state index in [9.17, 15) is 14.0 Å². The van der Waals surface area contributed by atoms with Crippen LogP contribution in [0.4, 0.5) is 10.1 Å². The minimum Gasteiger partial charge on any atom is -0.497 e. The van der Waals surface area contributed by atoms with Crippen molar-refractivity contribution in [1.29, 1.82) is 0 Å². The molecule has 2 rings (SSSR count). The first-order valence-corrected chi connectivity index (χ1v) is 7.98. The van der Waals surface area contributed by atoms with E-state index in [-0.39, 0.29) is 25.7 Å². The number of amides is 2. The largest absolute Gasteiger partial charge is 0.497 e. The van der Waals surface area contributed by atoms with Gasteiger partial charge >= 0.3 is 0 Å². The summed E-state index contributed by atoms with van der Waals surface area (Å²) in [5, 5.41) is 2.54. The first-order valence-electron chi connectivity index (χ1n) is 7.98. The number of hydrogen-bond acceptors (Lipinski definition) is 4. The number of benzene rings is 2. The molecule has 0 aromatic heterocycles. The van der Waals surface area contributed by atoms with Crippen molar-refractivity contribution < 1.29 is 23.5 Å². The van der Waals surface area contributed by atoms with E-state index in [1.165, 1.54) is 30.1 Å². The zero-order valence-corrected chi connectivity index (χ0v) is 14.7. The number of halogens is 1. The van der Waals surface area contributed by atoms with Gasteiger partial charge in [-0.05, 0) is 35.9 Å². The van der Waals surface area contributed by atoms with Crippen LogP contribution in [0.1, 0.15) is 5.56 Å². The Morgan fingerprint density at radius 1 is 1.15 bits per heavy atom. The number of likely N-dealkylation sites (N-methyl/N-ethyl adjacent to an activating group) is 1. The highest BCUT2D eigenvalue weighted by molar-refractivity contribution is 5.94. The second-order valence-corrected chi connectivity index (χ2v) is 5.65. The number of nitrogens with one attached hydrogen (secondary N) is 1. The number of rotatable bonds is 8. The summed E-state index contributed by atoms with van der Waals surface area (Å²) in [5.41, 5.74) is 1.22. The highest BCUT2D eigenvalue weighted by atomic mass is 19.1. The fraction of sp³-hybridized carbons (Fsp3) is 0.263. The lowest BCUT2D eigenvalue weighted by molar-refractivity contribution is -0.137. The standard InChI is InChI=1S/C19H21FN2O4/c1-22(11-18(23)21-16-7-4-6-15(20)10-16)19(24)13-26-12-14-5-3-8-17(9-14)25-2/h3-10H,11-13H2,1-2H3,(H,21,23). The van der Waals surface area contributed by atoms with Crippen LogP contribution in [0.15, 0.2) is 48.5 Å². The summed E-state index contributed by atoms with van der Waals surface area (Å²) in [6, 6.07) is 12.9. The Morgan fingerprint density at radius 2 is 1.92 bits per heavy atom. The SMILES string of the molecule is COc1cccc(COCC(=O)N(C)CC(=O)Nc2cccc(F)c2)c1. The van der Waals surface area contributed by atoms with Crippen LogP contribution in [0.25, 0.3) is 0 Å². The maximum atomic E-state index is 13.1. The van der Waals surface area contributed by atoms with Crippen molar-refractivity contribution in [1.82, 2.24) is 4.90 Å². The van der Waals surface area contributed by atoms with Gasteiger partial charge in [0.2, 0.25) is 11.8 Å². The normalized spacial score (nSPS) is 10.3. The molecule has 0 aliphatic rings. The van der Waals surface area contributed by atoms with E-state index in [0.717, 1.165) is 5.56 Å². The van der Waals surface area contributed by atoms with Crippen molar-refractivity contribution >= 4 is 17.5 Å².